The van der Waals surface area contributed by atoms with Crippen LogP contribution in [-0.4, -0.2) is 35.7 Å². The Labute approximate surface area is 114 Å². The predicted molar refractivity (Wildman–Crippen MR) is 70.1 cm³/mol. The summed E-state index contributed by atoms with van der Waals surface area (Å²) in [4.78, 5) is 39.7. The van der Waals surface area contributed by atoms with Crippen molar-refractivity contribution in [3.8, 4) is 0 Å². The highest BCUT2D eigenvalue weighted by Gasteiger charge is 2.30. The van der Waals surface area contributed by atoms with Crippen molar-refractivity contribution in [2.45, 2.75) is 47.0 Å². The summed E-state index contributed by atoms with van der Waals surface area (Å²) in [6.45, 7) is 7.94. The molecule has 19 heavy (non-hydrogen) atoms. The fourth-order valence-electron chi connectivity index (χ4n) is 1.91. The van der Waals surface area contributed by atoms with E-state index < -0.39 is 5.41 Å². The summed E-state index contributed by atoms with van der Waals surface area (Å²) in [6.07, 6.45) is 1.31. The number of nitrogens with zero attached hydrogens (tertiary/aromatic N) is 1. The first-order chi connectivity index (χ1) is 8.70. The van der Waals surface area contributed by atoms with Crippen molar-refractivity contribution in [1.82, 2.24) is 5.06 Å². The first-order valence-corrected chi connectivity index (χ1v) is 6.69. The summed E-state index contributed by atoms with van der Waals surface area (Å²) in [6, 6.07) is 0. The Morgan fingerprint density at radius 3 is 2.11 bits per heavy atom. The average molecular weight is 269 g/mol. The van der Waals surface area contributed by atoms with Gasteiger partial charge in [0, 0.05) is 19.0 Å². The fraction of sp³-hybridized carbons (Fsp3) is 0.786. The molecule has 0 unspecified atom stereocenters. The van der Waals surface area contributed by atoms with Crippen LogP contribution in [0.1, 0.15) is 47.0 Å². The van der Waals surface area contributed by atoms with Crippen LogP contribution in [0.4, 0.5) is 0 Å². The smallest absolute Gasteiger partial charge is 0.330 e. The summed E-state index contributed by atoms with van der Waals surface area (Å²) in [5.41, 5.74) is -0.526. The molecule has 0 aromatic rings. The van der Waals surface area contributed by atoms with Crippen molar-refractivity contribution in [3.05, 3.63) is 0 Å². The number of rotatable bonds is 4. The van der Waals surface area contributed by atoms with Crippen LogP contribution in [0.5, 0.6) is 0 Å². The molecule has 0 radical (unpaired) electrons. The molecule has 5 nitrogen and oxygen atoms in total. The van der Waals surface area contributed by atoms with Crippen LogP contribution in [-0.2, 0) is 19.2 Å². The molecule has 1 saturated heterocycles. The number of carbonyl (C=O) groups excluding carboxylic acids is 3. The summed E-state index contributed by atoms with van der Waals surface area (Å²) in [5, 5.41) is 1.62. The van der Waals surface area contributed by atoms with Gasteiger partial charge in [-0.1, -0.05) is 0 Å². The van der Waals surface area contributed by atoms with Crippen molar-refractivity contribution >= 4 is 17.5 Å². The van der Waals surface area contributed by atoms with Crippen molar-refractivity contribution in [1.29, 1.82) is 0 Å². The number of hydroxylamine groups is 2. The molecule has 0 aromatic carbocycles. The van der Waals surface area contributed by atoms with Gasteiger partial charge in [-0.05, 0) is 40.5 Å². The largest absolute Gasteiger partial charge is 0.367 e. The number of hydrogen-bond donors (Lipinski definition) is 0. The Bertz CT molecular complexity index is 362. The number of ketones is 2. The Hall–Kier alpha value is -1.23. The molecule has 0 saturated carbocycles. The SMILES string of the molecule is CC(=O)CC(=O)C1CCN(OC(=O)C(C)(C)C)CC1. The molecule has 1 aliphatic heterocycles. The van der Waals surface area contributed by atoms with Gasteiger partial charge >= 0.3 is 5.97 Å². The van der Waals surface area contributed by atoms with Gasteiger partial charge in [0.1, 0.15) is 11.6 Å². The van der Waals surface area contributed by atoms with Crippen molar-refractivity contribution in [3.63, 3.8) is 0 Å². The first-order valence-electron chi connectivity index (χ1n) is 6.69. The summed E-state index contributed by atoms with van der Waals surface area (Å²) < 4.78 is 0. The maximum absolute atomic E-state index is 11.7. The Morgan fingerprint density at radius 2 is 1.68 bits per heavy atom. The third kappa shape index (κ3) is 5.11. The maximum Gasteiger partial charge on any atom is 0.330 e. The predicted octanol–water partition coefficient (Wildman–Crippen LogP) is 1.75. The molecule has 0 aromatic heterocycles. The zero-order valence-corrected chi connectivity index (χ0v) is 12.2. The second kappa shape index (κ2) is 6.28. The Balaban J connectivity index is 2.39. The van der Waals surface area contributed by atoms with Crippen LogP contribution in [0.3, 0.4) is 0 Å². The van der Waals surface area contributed by atoms with E-state index in [1.165, 1.54) is 6.92 Å². The Morgan fingerprint density at radius 1 is 1.16 bits per heavy atom. The number of Topliss-reactive ketones (excluding diaryl/α,β-unsaturated/α-hetero) is 2. The summed E-state index contributed by atoms with van der Waals surface area (Å²) >= 11 is 0. The molecular formula is C14H23NO4. The molecule has 5 heteroatoms. The minimum atomic E-state index is -0.526. The lowest BCUT2D eigenvalue weighted by molar-refractivity contribution is -0.205. The van der Waals surface area contributed by atoms with Gasteiger partial charge in [0.25, 0.3) is 0 Å². The number of hydrogen-bond acceptors (Lipinski definition) is 5. The highest BCUT2D eigenvalue weighted by molar-refractivity contribution is 5.99. The number of carbonyl (C=O) groups is 3. The van der Waals surface area contributed by atoms with E-state index in [0.29, 0.717) is 25.9 Å². The first kappa shape index (κ1) is 15.8. The van der Waals surface area contributed by atoms with Gasteiger partial charge in [0.2, 0.25) is 0 Å². The summed E-state index contributed by atoms with van der Waals surface area (Å²) in [7, 11) is 0. The molecule has 108 valence electrons. The molecule has 0 amide bonds. The molecule has 1 aliphatic rings. The molecular weight excluding hydrogens is 246 g/mol. The van der Waals surface area contributed by atoms with Gasteiger partial charge in [-0.3, -0.25) is 9.59 Å². The molecule has 0 aliphatic carbocycles. The van der Waals surface area contributed by atoms with Crippen LogP contribution in [0.15, 0.2) is 0 Å². The van der Waals surface area contributed by atoms with Gasteiger partial charge < -0.3 is 4.84 Å². The van der Waals surface area contributed by atoms with Crippen LogP contribution >= 0.6 is 0 Å². The van der Waals surface area contributed by atoms with E-state index in [9.17, 15) is 14.4 Å². The molecule has 1 rings (SSSR count). The van der Waals surface area contributed by atoms with Gasteiger partial charge in [-0.15, -0.1) is 5.06 Å². The standard InChI is InChI=1S/C14H23NO4/c1-10(16)9-12(17)11-5-7-15(8-6-11)19-13(18)14(2,3)4/h11H,5-9H2,1-4H3. The normalized spacial score (nSPS) is 18.1. The molecule has 1 fully saturated rings. The van der Waals surface area contributed by atoms with Crippen LogP contribution in [0.25, 0.3) is 0 Å². The molecule has 0 bridgehead atoms. The lowest BCUT2D eigenvalue weighted by Gasteiger charge is -2.31. The van der Waals surface area contributed by atoms with E-state index in [1.54, 1.807) is 25.8 Å². The molecule has 0 N–H and O–H groups in total. The van der Waals surface area contributed by atoms with E-state index in [1.807, 2.05) is 0 Å². The minimum absolute atomic E-state index is 0.00861. The Kier molecular flexibility index (Phi) is 5.23. The number of piperidine rings is 1. The van der Waals surface area contributed by atoms with E-state index in [-0.39, 0.29) is 29.9 Å². The van der Waals surface area contributed by atoms with Gasteiger partial charge in [-0.25, -0.2) is 4.79 Å². The van der Waals surface area contributed by atoms with Crippen LogP contribution in [0.2, 0.25) is 0 Å². The van der Waals surface area contributed by atoms with E-state index >= 15 is 0 Å². The molecule has 1 heterocycles. The van der Waals surface area contributed by atoms with Crippen molar-refractivity contribution in [2.24, 2.45) is 11.3 Å². The van der Waals surface area contributed by atoms with Crippen molar-refractivity contribution < 1.29 is 19.2 Å². The lowest BCUT2D eigenvalue weighted by Crippen LogP contribution is -2.40. The lowest BCUT2D eigenvalue weighted by atomic mass is 9.91. The third-order valence-electron chi connectivity index (χ3n) is 3.16. The topological polar surface area (TPSA) is 63.7 Å². The maximum atomic E-state index is 11.7. The monoisotopic (exact) mass is 269 g/mol. The van der Waals surface area contributed by atoms with Gasteiger partial charge in [-0.2, -0.15) is 0 Å². The van der Waals surface area contributed by atoms with Gasteiger partial charge in [0.15, 0.2) is 0 Å². The van der Waals surface area contributed by atoms with E-state index in [2.05, 4.69) is 0 Å². The minimum Gasteiger partial charge on any atom is -0.367 e. The van der Waals surface area contributed by atoms with Crippen molar-refractivity contribution in [2.75, 3.05) is 13.1 Å². The second-order valence-electron chi connectivity index (χ2n) is 6.18. The van der Waals surface area contributed by atoms with Gasteiger partial charge in [0.05, 0.1) is 11.8 Å². The third-order valence-corrected chi connectivity index (χ3v) is 3.16. The van der Waals surface area contributed by atoms with Crippen LogP contribution < -0.4 is 0 Å². The zero-order chi connectivity index (χ0) is 14.6. The summed E-state index contributed by atoms with van der Waals surface area (Å²) in [5.74, 6) is -0.421. The molecule has 0 atom stereocenters. The van der Waals surface area contributed by atoms with E-state index in [4.69, 9.17) is 4.84 Å². The average Bonchev–Trinajstić information content (AvgIpc) is 2.27. The zero-order valence-electron chi connectivity index (χ0n) is 12.2. The highest BCUT2D eigenvalue weighted by atomic mass is 16.7. The quantitative estimate of drug-likeness (QED) is 0.728. The van der Waals surface area contributed by atoms with Crippen LogP contribution in [0, 0.1) is 11.3 Å². The second-order valence-corrected chi connectivity index (χ2v) is 6.18. The van der Waals surface area contributed by atoms with E-state index in [0.717, 1.165) is 0 Å². The molecule has 0 spiro atoms. The fourth-order valence-corrected chi connectivity index (χ4v) is 1.91. The highest BCUT2D eigenvalue weighted by Crippen LogP contribution is 2.22.